The first-order chi connectivity index (χ1) is 12.1. The van der Waals surface area contributed by atoms with E-state index in [1.54, 1.807) is 13.2 Å². The number of ether oxygens (including phenoxy) is 4. The van der Waals surface area contributed by atoms with Gasteiger partial charge in [0.2, 0.25) is 12.6 Å². The van der Waals surface area contributed by atoms with Gasteiger partial charge in [-0.05, 0) is 42.0 Å². The zero-order valence-electron chi connectivity index (χ0n) is 14.3. The standard InChI is InChI=1S/C20H20O5/c1-11-14(12-3-4-16-17(5-12)24-10-23-16)6-13-8-20(11)9-18(22-2)15(21)7-19(20)25-13/h3-5,7,9,11,13-14H,6,8,10H2,1-2H3/t11?,13?,14?,20-/m1/s1. The van der Waals surface area contributed by atoms with Crippen LogP contribution in [-0.4, -0.2) is 25.8 Å². The normalized spacial score (nSPS) is 34.8. The van der Waals surface area contributed by atoms with Crippen molar-refractivity contribution in [3.63, 3.8) is 0 Å². The summed E-state index contributed by atoms with van der Waals surface area (Å²) >= 11 is 0. The van der Waals surface area contributed by atoms with E-state index in [0.29, 0.717) is 11.7 Å². The van der Waals surface area contributed by atoms with Crippen LogP contribution in [-0.2, 0) is 14.3 Å². The van der Waals surface area contributed by atoms with Gasteiger partial charge in [0.25, 0.3) is 0 Å². The number of allylic oxidation sites excluding steroid dienone is 2. The Bertz CT molecular complexity index is 823. The van der Waals surface area contributed by atoms with E-state index in [2.05, 4.69) is 19.1 Å². The lowest BCUT2D eigenvalue weighted by Crippen LogP contribution is -2.37. The number of carbonyl (C=O) groups is 1. The number of carbonyl (C=O) groups excluding carboxylic acids is 1. The molecule has 5 nitrogen and oxygen atoms in total. The van der Waals surface area contributed by atoms with Gasteiger partial charge in [-0.15, -0.1) is 0 Å². The lowest BCUT2D eigenvalue weighted by Gasteiger charge is -2.41. The summed E-state index contributed by atoms with van der Waals surface area (Å²) in [6.45, 7) is 2.52. The average molecular weight is 340 g/mol. The van der Waals surface area contributed by atoms with Crippen LogP contribution in [0.4, 0.5) is 0 Å². The van der Waals surface area contributed by atoms with Gasteiger partial charge >= 0.3 is 0 Å². The molecule has 2 aliphatic carbocycles. The Hall–Kier alpha value is -2.43. The van der Waals surface area contributed by atoms with Gasteiger partial charge in [-0.1, -0.05) is 13.0 Å². The maximum absolute atomic E-state index is 12.2. The van der Waals surface area contributed by atoms with Crippen molar-refractivity contribution in [3.8, 4) is 11.5 Å². The number of benzene rings is 1. The number of methoxy groups -OCH3 is 1. The molecule has 1 spiro atoms. The largest absolute Gasteiger partial charge is 0.494 e. The molecule has 130 valence electrons. The average Bonchev–Trinajstić information content (AvgIpc) is 3.19. The molecule has 5 rings (SSSR count). The van der Waals surface area contributed by atoms with Crippen LogP contribution in [0.3, 0.4) is 0 Å². The first-order valence-electron chi connectivity index (χ1n) is 8.70. The third-order valence-electron chi connectivity index (χ3n) is 6.19. The molecule has 1 saturated carbocycles. The number of hydrogen-bond acceptors (Lipinski definition) is 5. The molecule has 4 aliphatic rings. The first-order valence-corrected chi connectivity index (χ1v) is 8.70. The second-order valence-electron chi connectivity index (χ2n) is 7.31. The Morgan fingerprint density at radius 3 is 2.92 bits per heavy atom. The Labute approximate surface area is 146 Å². The van der Waals surface area contributed by atoms with Crippen LogP contribution in [0.25, 0.3) is 0 Å². The molecule has 4 atom stereocenters. The van der Waals surface area contributed by atoms with Gasteiger partial charge in [0.15, 0.2) is 17.3 Å². The molecule has 2 bridgehead atoms. The fourth-order valence-electron chi connectivity index (χ4n) is 4.85. The van der Waals surface area contributed by atoms with Crippen LogP contribution in [0.5, 0.6) is 11.5 Å². The molecule has 5 heteroatoms. The summed E-state index contributed by atoms with van der Waals surface area (Å²) in [6.07, 6.45) is 5.58. The molecular formula is C20H20O5. The molecule has 2 fully saturated rings. The van der Waals surface area contributed by atoms with Gasteiger partial charge in [-0.25, -0.2) is 0 Å². The predicted octanol–water partition coefficient (Wildman–Crippen LogP) is 3.31. The third-order valence-corrected chi connectivity index (χ3v) is 6.19. The smallest absolute Gasteiger partial charge is 0.231 e. The molecule has 0 aromatic heterocycles. The van der Waals surface area contributed by atoms with E-state index in [1.807, 2.05) is 12.1 Å². The summed E-state index contributed by atoms with van der Waals surface area (Å²) in [7, 11) is 1.55. The molecule has 1 saturated heterocycles. The van der Waals surface area contributed by atoms with Crippen LogP contribution in [0.15, 0.2) is 41.9 Å². The Morgan fingerprint density at radius 2 is 2.08 bits per heavy atom. The number of fused-ring (bicyclic) bond motifs is 2. The summed E-state index contributed by atoms with van der Waals surface area (Å²) in [5.41, 5.74) is 0.971. The second-order valence-corrected chi connectivity index (χ2v) is 7.31. The number of ketones is 1. The van der Waals surface area contributed by atoms with Gasteiger partial charge in [0, 0.05) is 12.5 Å². The summed E-state index contributed by atoms with van der Waals surface area (Å²) in [4.78, 5) is 12.2. The molecule has 1 aromatic carbocycles. The van der Waals surface area contributed by atoms with E-state index < -0.39 is 0 Å². The van der Waals surface area contributed by atoms with Crippen molar-refractivity contribution in [3.05, 3.63) is 47.4 Å². The maximum Gasteiger partial charge on any atom is 0.231 e. The molecule has 0 N–H and O–H groups in total. The van der Waals surface area contributed by atoms with Crippen molar-refractivity contribution in [1.29, 1.82) is 0 Å². The van der Waals surface area contributed by atoms with Crippen LogP contribution < -0.4 is 9.47 Å². The van der Waals surface area contributed by atoms with Crippen molar-refractivity contribution in [2.75, 3.05) is 13.9 Å². The third kappa shape index (κ3) is 1.98. The monoisotopic (exact) mass is 340 g/mol. The van der Waals surface area contributed by atoms with E-state index in [1.165, 1.54) is 5.56 Å². The van der Waals surface area contributed by atoms with Crippen molar-refractivity contribution >= 4 is 5.78 Å². The minimum atomic E-state index is -0.261. The van der Waals surface area contributed by atoms with Crippen molar-refractivity contribution in [2.24, 2.45) is 11.3 Å². The molecule has 1 aromatic rings. The van der Waals surface area contributed by atoms with E-state index >= 15 is 0 Å². The number of rotatable bonds is 2. The van der Waals surface area contributed by atoms with Gasteiger partial charge in [-0.3, -0.25) is 4.79 Å². The Kier molecular flexibility index (Phi) is 3.00. The zero-order chi connectivity index (χ0) is 17.2. The molecular weight excluding hydrogens is 320 g/mol. The zero-order valence-corrected chi connectivity index (χ0v) is 14.3. The van der Waals surface area contributed by atoms with Crippen LogP contribution in [0, 0.1) is 11.3 Å². The van der Waals surface area contributed by atoms with E-state index in [0.717, 1.165) is 30.1 Å². The highest BCUT2D eigenvalue weighted by Crippen LogP contribution is 2.61. The summed E-state index contributed by atoms with van der Waals surface area (Å²) < 4.78 is 22.4. The van der Waals surface area contributed by atoms with Gasteiger partial charge in [0.05, 0.1) is 12.5 Å². The Balaban J connectivity index is 1.56. The highest BCUT2D eigenvalue weighted by Gasteiger charge is 2.56. The highest BCUT2D eigenvalue weighted by molar-refractivity contribution is 6.04. The fraction of sp³-hybridized carbons (Fsp3) is 0.450. The minimum Gasteiger partial charge on any atom is -0.494 e. The lowest BCUT2D eigenvalue weighted by atomic mass is 9.59. The number of hydrogen-bond donors (Lipinski definition) is 0. The quantitative estimate of drug-likeness (QED) is 0.827. The van der Waals surface area contributed by atoms with Crippen LogP contribution in [0.2, 0.25) is 0 Å². The van der Waals surface area contributed by atoms with Crippen LogP contribution >= 0.6 is 0 Å². The first kappa shape index (κ1) is 14.9. The van der Waals surface area contributed by atoms with E-state index in [9.17, 15) is 4.79 Å². The molecule has 2 heterocycles. The molecule has 2 aliphatic heterocycles. The van der Waals surface area contributed by atoms with Gasteiger partial charge in [-0.2, -0.15) is 0 Å². The fourth-order valence-corrected chi connectivity index (χ4v) is 4.85. The molecule has 25 heavy (non-hydrogen) atoms. The summed E-state index contributed by atoms with van der Waals surface area (Å²) in [5, 5.41) is 0. The molecule has 3 unspecified atom stereocenters. The summed E-state index contributed by atoms with van der Waals surface area (Å²) in [5.74, 6) is 3.34. The van der Waals surface area contributed by atoms with E-state index in [-0.39, 0.29) is 30.0 Å². The Morgan fingerprint density at radius 1 is 1.24 bits per heavy atom. The molecule has 0 amide bonds. The molecule has 0 radical (unpaired) electrons. The predicted molar refractivity (Wildman–Crippen MR) is 89.2 cm³/mol. The van der Waals surface area contributed by atoms with Gasteiger partial charge in [0.1, 0.15) is 11.9 Å². The summed E-state index contributed by atoms with van der Waals surface area (Å²) in [6, 6.07) is 6.19. The minimum absolute atomic E-state index is 0.109. The van der Waals surface area contributed by atoms with Crippen LogP contribution in [0.1, 0.15) is 31.2 Å². The van der Waals surface area contributed by atoms with Crippen molar-refractivity contribution in [1.82, 2.24) is 0 Å². The van der Waals surface area contributed by atoms with E-state index in [4.69, 9.17) is 18.9 Å². The van der Waals surface area contributed by atoms with Crippen molar-refractivity contribution < 1.29 is 23.7 Å². The lowest BCUT2D eigenvalue weighted by molar-refractivity contribution is -0.114. The second kappa shape index (κ2) is 5.04. The maximum atomic E-state index is 12.2. The topological polar surface area (TPSA) is 54.0 Å². The SMILES string of the molecule is COC1=C[C@]23CC(CC(c4ccc5c(c4)OCO5)C2C)OC3=CC1=O. The van der Waals surface area contributed by atoms with Gasteiger partial charge < -0.3 is 18.9 Å². The highest BCUT2D eigenvalue weighted by atomic mass is 16.7. The van der Waals surface area contributed by atoms with Crippen molar-refractivity contribution in [2.45, 2.75) is 31.8 Å².